The van der Waals surface area contributed by atoms with Gasteiger partial charge >= 0.3 is 0 Å². The van der Waals surface area contributed by atoms with E-state index in [0.29, 0.717) is 19.6 Å². The maximum absolute atomic E-state index is 11.8. The van der Waals surface area contributed by atoms with E-state index in [9.17, 15) is 14.7 Å². The third kappa shape index (κ3) is 4.54. The number of aliphatic hydroxyl groups excluding tert-OH is 1. The second kappa shape index (κ2) is 7.19. The highest BCUT2D eigenvalue weighted by Crippen LogP contribution is 2.12. The predicted molar refractivity (Wildman–Crippen MR) is 78.4 cm³/mol. The lowest BCUT2D eigenvalue weighted by molar-refractivity contribution is -0.136. The maximum Gasteiger partial charge on any atom is 0.239 e. The Morgan fingerprint density at radius 3 is 2.76 bits per heavy atom. The van der Waals surface area contributed by atoms with Crippen LogP contribution in [0.5, 0.6) is 0 Å². The molecule has 114 valence electrons. The third-order valence-electron chi connectivity index (χ3n) is 3.47. The Labute approximate surface area is 124 Å². The van der Waals surface area contributed by atoms with Crippen LogP contribution in [0.15, 0.2) is 24.3 Å². The van der Waals surface area contributed by atoms with E-state index in [2.05, 4.69) is 10.6 Å². The zero-order valence-corrected chi connectivity index (χ0v) is 12.1. The average Bonchev–Trinajstić information content (AvgIpc) is 2.48. The van der Waals surface area contributed by atoms with Crippen molar-refractivity contribution in [3.8, 4) is 0 Å². The van der Waals surface area contributed by atoms with Crippen molar-refractivity contribution in [2.75, 3.05) is 26.2 Å². The molecule has 0 radical (unpaired) electrons. The summed E-state index contributed by atoms with van der Waals surface area (Å²) in [5.74, 6) is -0.206. The molecule has 2 amide bonds. The number of carbonyl (C=O) groups excluding carboxylic acids is 2. The lowest BCUT2D eigenvalue weighted by atomic mass is 10.1. The lowest BCUT2D eigenvalue weighted by Crippen LogP contribution is -2.51. The van der Waals surface area contributed by atoms with E-state index < -0.39 is 6.10 Å². The van der Waals surface area contributed by atoms with Crippen molar-refractivity contribution in [2.45, 2.75) is 19.6 Å². The summed E-state index contributed by atoms with van der Waals surface area (Å²) in [7, 11) is 0. The van der Waals surface area contributed by atoms with Crippen molar-refractivity contribution < 1.29 is 14.7 Å². The Hall–Kier alpha value is -1.92. The first kappa shape index (κ1) is 15.5. The van der Waals surface area contributed by atoms with Gasteiger partial charge in [-0.1, -0.05) is 24.3 Å². The minimum absolute atomic E-state index is 0.0438. The molecule has 1 aliphatic heterocycles. The molecule has 1 unspecified atom stereocenters. The summed E-state index contributed by atoms with van der Waals surface area (Å²) in [4.78, 5) is 25.0. The largest absolute Gasteiger partial charge is 0.389 e. The fourth-order valence-electron chi connectivity index (χ4n) is 2.16. The number of amides is 2. The van der Waals surface area contributed by atoms with Gasteiger partial charge in [-0.05, 0) is 18.1 Å². The summed E-state index contributed by atoms with van der Waals surface area (Å²) in [6, 6.07) is 7.43. The molecule has 0 aliphatic carbocycles. The van der Waals surface area contributed by atoms with Gasteiger partial charge in [-0.3, -0.25) is 9.59 Å². The van der Waals surface area contributed by atoms with E-state index in [-0.39, 0.29) is 18.4 Å². The van der Waals surface area contributed by atoms with Crippen molar-refractivity contribution in [3.63, 3.8) is 0 Å². The van der Waals surface area contributed by atoms with Crippen LogP contribution < -0.4 is 10.6 Å². The fraction of sp³-hybridized carbons (Fsp3) is 0.467. The Morgan fingerprint density at radius 1 is 1.43 bits per heavy atom. The predicted octanol–water partition coefficient (Wildman–Crippen LogP) is -0.212. The zero-order valence-electron chi connectivity index (χ0n) is 12.1. The minimum atomic E-state index is -0.493. The highest BCUT2D eigenvalue weighted by Gasteiger charge is 2.19. The van der Waals surface area contributed by atoms with Crippen LogP contribution in [-0.4, -0.2) is 48.0 Å². The first-order valence-electron chi connectivity index (χ1n) is 7.08. The van der Waals surface area contributed by atoms with E-state index in [1.165, 1.54) is 0 Å². The van der Waals surface area contributed by atoms with E-state index >= 15 is 0 Å². The molecule has 0 aromatic heterocycles. The summed E-state index contributed by atoms with van der Waals surface area (Å²) in [5.41, 5.74) is 1.80. The summed E-state index contributed by atoms with van der Waals surface area (Å²) >= 11 is 0. The number of carbonyl (C=O) groups is 2. The summed E-state index contributed by atoms with van der Waals surface area (Å²) in [6.07, 6.45) is -0.493. The van der Waals surface area contributed by atoms with Crippen LogP contribution in [0.25, 0.3) is 0 Å². The molecule has 1 aromatic rings. The zero-order chi connectivity index (χ0) is 15.2. The molecule has 2 rings (SSSR count). The molecular weight excluding hydrogens is 270 g/mol. The summed E-state index contributed by atoms with van der Waals surface area (Å²) in [6.45, 7) is 3.82. The first-order chi connectivity index (χ1) is 10.1. The molecule has 1 aliphatic rings. The molecule has 6 nitrogen and oxygen atoms in total. The van der Waals surface area contributed by atoms with Gasteiger partial charge in [-0.2, -0.15) is 0 Å². The number of nitrogens with one attached hydrogen (secondary N) is 2. The van der Waals surface area contributed by atoms with Gasteiger partial charge in [-0.15, -0.1) is 0 Å². The van der Waals surface area contributed by atoms with Crippen molar-refractivity contribution in [1.29, 1.82) is 0 Å². The van der Waals surface area contributed by atoms with Gasteiger partial charge in [0.15, 0.2) is 0 Å². The van der Waals surface area contributed by atoms with E-state index in [4.69, 9.17) is 0 Å². The molecule has 1 saturated heterocycles. The SMILES string of the molecule is CC(O)c1ccc(CNC(=O)CN2CCNCC2=O)cc1. The van der Waals surface area contributed by atoms with Crippen LogP contribution in [-0.2, 0) is 16.1 Å². The Bertz CT molecular complexity index is 499. The van der Waals surface area contributed by atoms with Crippen molar-refractivity contribution >= 4 is 11.8 Å². The van der Waals surface area contributed by atoms with Crippen LogP contribution >= 0.6 is 0 Å². The normalized spacial score (nSPS) is 16.7. The number of aliphatic hydroxyl groups is 1. The molecule has 1 fully saturated rings. The average molecular weight is 291 g/mol. The number of hydrogen-bond donors (Lipinski definition) is 3. The van der Waals surface area contributed by atoms with Crippen LogP contribution in [0.3, 0.4) is 0 Å². The first-order valence-corrected chi connectivity index (χ1v) is 7.08. The Kier molecular flexibility index (Phi) is 5.30. The van der Waals surface area contributed by atoms with E-state index in [1.54, 1.807) is 11.8 Å². The van der Waals surface area contributed by atoms with Gasteiger partial charge in [0, 0.05) is 19.6 Å². The van der Waals surface area contributed by atoms with Crippen molar-refractivity contribution in [1.82, 2.24) is 15.5 Å². The number of rotatable bonds is 5. The smallest absolute Gasteiger partial charge is 0.239 e. The van der Waals surface area contributed by atoms with Crippen molar-refractivity contribution in [3.05, 3.63) is 35.4 Å². The maximum atomic E-state index is 11.8. The van der Waals surface area contributed by atoms with Gasteiger partial charge in [0.05, 0.1) is 19.2 Å². The second-order valence-corrected chi connectivity index (χ2v) is 5.19. The standard InChI is InChI=1S/C15H21N3O3/c1-11(19)13-4-2-12(3-5-13)8-17-14(20)10-18-7-6-16-9-15(18)21/h2-5,11,16,19H,6-10H2,1H3,(H,17,20). The van der Waals surface area contributed by atoms with Crippen LogP contribution in [0.1, 0.15) is 24.2 Å². The van der Waals surface area contributed by atoms with Gasteiger partial charge in [0.1, 0.15) is 0 Å². The minimum Gasteiger partial charge on any atom is -0.389 e. The Balaban J connectivity index is 1.79. The topological polar surface area (TPSA) is 81.7 Å². The van der Waals surface area contributed by atoms with Crippen LogP contribution in [0, 0.1) is 0 Å². The number of benzene rings is 1. The molecule has 0 saturated carbocycles. The highest BCUT2D eigenvalue weighted by molar-refractivity contribution is 5.86. The summed E-state index contributed by atoms with van der Waals surface area (Å²) in [5, 5.41) is 15.2. The monoisotopic (exact) mass is 291 g/mol. The van der Waals surface area contributed by atoms with Gasteiger partial charge in [0.25, 0.3) is 0 Å². The van der Waals surface area contributed by atoms with Crippen LogP contribution in [0.4, 0.5) is 0 Å². The van der Waals surface area contributed by atoms with Gasteiger partial charge in [-0.25, -0.2) is 0 Å². The third-order valence-corrected chi connectivity index (χ3v) is 3.47. The highest BCUT2D eigenvalue weighted by atomic mass is 16.3. The van der Waals surface area contributed by atoms with Gasteiger partial charge < -0.3 is 20.6 Å². The second-order valence-electron chi connectivity index (χ2n) is 5.19. The molecule has 3 N–H and O–H groups in total. The molecule has 1 atom stereocenters. The molecule has 0 spiro atoms. The molecule has 21 heavy (non-hydrogen) atoms. The Morgan fingerprint density at radius 2 is 2.14 bits per heavy atom. The molecule has 1 heterocycles. The lowest BCUT2D eigenvalue weighted by Gasteiger charge is -2.26. The molecule has 6 heteroatoms. The fourth-order valence-corrected chi connectivity index (χ4v) is 2.16. The van der Waals surface area contributed by atoms with Crippen LogP contribution in [0.2, 0.25) is 0 Å². The van der Waals surface area contributed by atoms with Crippen molar-refractivity contribution in [2.24, 2.45) is 0 Å². The van der Waals surface area contributed by atoms with E-state index in [0.717, 1.165) is 17.7 Å². The molecular formula is C15H21N3O3. The van der Waals surface area contributed by atoms with Gasteiger partial charge in [0.2, 0.25) is 11.8 Å². The number of nitrogens with zero attached hydrogens (tertiary/aromatic N) is 1. The quantitative estimate of drug-likeness (QED) is 0.701. The molecule has 0 bridgehead atoms. The number of hydrogen-bond acceptors (Lipinski definition) is 4. The van der Waals surface area contributed by atoms with E-state index in [1.807, 2.05) is 24.3 Å². The number of piperazine rings is 1. The molecule has 1 aromatic carbocycles. The summed E-state index contributed by atoms with van der Waals surface area (Å²) < 4.78 is 0.